The van der Waals surface area contributed by atoms with Crippen molar-refractivity contribution in [2.24, 2.45) is 5.11 Å². The van der Waals surface area contributed by atoms with Gasteiger partial charge in [-0.2, -0.15) is 0 Å². The highest BCUT2D eigenvalue weighted by molar-refractivity contribution is 6.34. The zero-order chi connectivity index (χ0) is 11.5. The van der Waals surface area contributed by atoms with Crippen molar-refractivity contribution >= 4 is 23.2 Å². The minimum atomic E-state index is -0.220. The highest BCUT2D eigenvalue weighted by Gasteiger charge is 2.24. The molecule has 0 spiro atoms. The number of carbonyl (C=O) groups excluding carboxylic acids is 1. The molecular formula is C10H9ClN4O. The van der Waals surface area contributed by atoms with Crippen molar-refractivity contribution in [3.63, 3.8) is 0 Å². The lowest BCUT2D eigenvalue weighted by Gasteiger charge is -2.05. The highest BCUT2D eigenvalue weighted by atomic mass is 35.5. The summed E-state index contributed by atoms with van der Waals surface area (Å²) in [5.41, 5.74) is 9.03. The van der Waals surface area contributed by atoms with Crippen LogP contribution in [0, 0.1) is 0 Å². The number of benzene rings is 1. The van der Waals surface area contributed by atoms with Gasteiger partial charge < -0.3 is 5.32 Å². The van der Waals surface area contributed by atoms with Gasteiger partial charge in [-0.1, -0.05) is 22.8 Å². The van der Waals surface area contributed by atoms with E-state index in [9.17, 15) is 4.79 Å². The Morgan fingerprint density at radius 2 is 2.31 bits per heavy atom. The Kier molecular flexibility index (Phi) is 2.99. The van der Waals surface area contributed by atoms with E-state index in [1.807, 2.05) is 0 Å². The summed E-state index contributed by atoms with van der Waals surface area (Å²) >= 11 is 5.90. The number of carbonyl (C=O) groups is 1. The summed E-state index contributed by atoms with van der Waals surface area (Å²) in [6.07, 6.45) is 2.03. The Balaban J connectivity index is 2.26. The van der Waals surface area contributed by atoms with Gasteiger partial charge in [0.25, 0.3) is 5.91 Å². The summed E-state index contributed by atoms with van der Waals surface area (Å²) < 4.78 is 0. The van der Waals surface area contributed by atoms with Crippen molar-refractivity contribution in [3.05, 3.63) is 39.2 Å². The molecule has 6 heteroatoms. The van der Waals surface area contributed by atoms with E-state index < -0.39 is 0 Å². The molecule has 1 saturated carbocycles. The van der Waals surface area contributed by atoms with E-state index in [1.165, 1.54) is 6.07 Å². The van der Waals surface area contributed by atoms with Crippen LogP contribution in [0.4, 0.5) is 5.69 Å². The maximum Gasteiger partial charge on any atom is 0.253 e. The molecule has 1 aromatic carbocycles. The molecule has 0 aliphatic heterocycles. The van der Waals surface area contributed by atoms with Crippen molar-refractivity contribution in [2.75, 3.05) is 0 Å². The van der Waals surface area contributed by atoms with Crippen molar-refractivity contribution in [3.8, 4) is 0 Å². The summed E-state index contributed by atoms with van der Waals surface area (Å²) in [5, 5.41) is 6.61. The molecule has 1 N–H and O–H groups in total. The van der Waals surface area contributed by atoms with Gasteiger partial charge in [-0.25, -0.2) is 0 Å². The van der Waals surface area contributed by atoms with Crippen molar-refractivity contribution < 1.29 is 4.79 Å². The van der Waals surface area contributed by atoms with Crippen LogP contribution >= 0.6 is 11.6 Å². The second-order valence-corrected chi connectivity index (χ2v) is 4.01. The van der Waals surface area contributed by atoms with E-state index >= 15 is 0 Å². The quantitative estimate of drug-likeness (QED) is 0.488. The van der Waals surface area contributed by atoms with Crippen LogP contribution in [-0.4, -0.2) is 11.9 Å². The number of rotatable bonds is 3. The largest absolute Gasteiger partial charge is 0.349 e. The predicted molar refractivity (Wildman–Crippen MR) is 60.7 cm³/mol. The number of nitrogens with one attached hydrogen (secondary N) is 1. The highest BCUT2D eigenvalue weighted by Crippen LogP contribution is 2.24. The molecule has 1 aliphatic rings. The SMILES string of the molecule is [N-]=[N+]=Nc1ccc(Cl)c(C(=O)NC2CC2)c1. The van der Waals surface area contributed by atoms with Crippen LogP contribution < -0.4 is 5.32 Å². The van der Waals surface area contributed by atoms with Gasteiger partial charge in [-0.15, -0.1) is 0 Å². The van der Waals surface area contributed by atoms with Gasteiger partial charge in [-0.05, 0) is 30.5 Å². The van der Waals surface area contributed by atoms with Gasteiger partial charge >= 0.3 is 0 Å². The molecule has 2 rings (SSSR count). The molecule has 1 amide bonds. The van der Waals surface area contributed by atoms with Crippen LogP contribution in [0.3, 0.4) is 0 Å². The van der Waals surface area contributed by atoms with E-state index in [0.717, 1.165) is 12.8 Å². The fourth-order valence-corrected chi connectivity index (χ4v) is 1.50. The average molecular weight is 237 g/mol. The molecule has 1 aromatic rings. The van der Waals surface area contributed by atoms with Gasteiger partial charge in [0.2, 0.25) is 0 Å². The standard InChI is InChI=1S/C10H9ClN4O/c11-9-4-3-7(14-15-12)5-8(9)10(16)13-6-1-2-6/h3-6H,1-2H2,(H,13,16). The van der Waals surface area contributed by atoms with Crippen LogP contribution in [0.2, 0.25) is 5.02 Å². The van der Waals surface area contributed by atoms with Crippen molar-refractivity contribution in [2.45, 2.75) is 18.9 Å². The van der Waals surface area contributed by atoms with Crippen LogP contribution in [0.25, 0.3) is 10.4 Å². The summed E-state index contributed by atoms with van der Waals surface area (Å²) in [5.74, 6) is -0.220. The van der Waals surface area contributed by atoms with Gasteiger partial charge in [0.15, 0.2) is 0 Å². The fraction of sp³-hybridized carbons (Fsp3) is 0.300. The maximum absolute atomic E-state index is 11.7. The Hall–Kier alpha value is -1.71. The molecule has 0 heterocycles. The molecule has 0 bridgehead atoms. The second-order valence-electron chi connectivity index (χ2n) is 3.60. The predicted octanol–water partition coefficient (Wildman–Crippen LogP) is 3.17. The zero-order valence-electron chi connectivity index (χ0n) is 8.35. The molecule has 1 fully saturated rings. The van der Waals surface area contributed by atoms with Crippen LogP contribution in [0.5, 0.6) is 0 Å². The smallest absolute Gasteiger partial charge is 0.253 e. The zero-order valence-corrected chi connectivity index (χ0v) is 9.11. The van der Waals surface area contributed by atoms with Gasteiger partial charge in [-0.3, -0.25) is 4.79 Å². The third-order valence-corrected chi connectivity index (χ3v) is 2.60. The van der Waals surface area contributed by atoms with Crippen LogP contribution in [-0.2, 0) is 0 Å². The summed E-state index contributed by atoms with van der Waals surface area (Å²) in [4.78, 5) is 14.4. The monoisotopic (exact) mass is 236 g/mol. The molecule has 0 atom stereocenters. The molecule has 5 nitrogen and oxygen atoms in total. The first-order chi connectivity index (χ1) is 7.70. The van der Waals surface area contributed by atoms with Crippen molar-refractivity contribution in [1.29, 1.82) is 0 Å². The molecule has 82 valence electrons. The average Bonchev–Trinajstić information content (AvgIpc) is 3.05. The third-order valence-electron chi connectivity index (χ3n) is 2.27. The Labute approximate surface area is 97.0 Å². The first-order valence-electron chi connectivity index (χ1n) is 4.86. The van der Waals surface area contributed by atoms with E-state index in [-0.39, 0.29) is 11.9 Å². The number of nitrogens with zero attached hydrogens (tertiary/aromatic N) is 3. The lowest BCUT2D eigenvalue weighted by molar-refractivity contribution is 0.0951. The van der Waals surface area contributed by atoms with Gasteiger partial charge in [0.1, 0.15) is 0 Å². The number of amides is 1. The maximum atomic E-state index is 11.7. The first-order valence-corrected chi connectivity index (χ1v) is 5.24. The lowest BCUT2D eigenvalue weighted by Crippen LogP contribution is -2.25. The fourth-order valence-electron chi connectivity index (χ4n) is 1.29. The summed E-state index contributed by atoms with van der Waals surface area (Å²) in [6.45, 7) is 0. The molecule has 0 aromatic heterocycles. The van der Waals surface area contributed by atoms with Crippen molar-refractivity contribution in [1.82, 2.24) is 5.32 Å². The molecule has 16 heavy (non-hydrogen) atoms. The molecule has 1 aliphatic carbocycles. The Bertz CT molecular complexity index is 478. The second kappa shape index (κ2) is 4.43. The number of azide groups is 1. The van der Waals surface area contributed by atoms with E-state index in [0.29, 0.717) is 16.3 Å². The molecule has 0 radical (unpaired) electrons. The number of hydrogen-bond acceptors (Lipinski definition) is 2. The summed E-state index contributed by atoms with van der Waals surface area (Å²) in [6, 6.07) is 4.87. The normalized spacial score (nSPS) is 14.1. The Morgan fingerprint density at radius 3 is 2.94 bits per heavy atom. The van der Waals surface area contributed by atoms with Gasteiger partial charge in [0.05, 0.1) is 10.6 Å². The van der Waals surface area contributed by atoms with E-state index in [1.54, 1.807) is 12.1 Å². The van der Waals surface area contributed by atoms with Crippen LogP contribution in [0.1, 0.15) is 23.2 Å². The third kappa shape index (κ3) is 2.45. The molecule has 0 unspecified atom stereocenters. The van der Waals surface area contributed by atoms with E-state index in [4.69, 9.17) is 17.1 Å². The van der Waals surface area contributed by atoms with E-state index in [2.05, 4.69) is 15.3 Å². The number of halogens is 1. The topological polar surface area (TPSA) is 77.9 Å². The van der Waals surface area contributed by atoms with Gasteiger partial charge in [0, 0.05) is 16.6 Å². The first kappa shape index (κ1) is 10.8. The van der Waals surface area contributed by atoms with Crippen LogP contribution in [0.15, 0.2) is 23.3 Å². The molecule has 0 saturated heterocycles. The minimum absolute atomic E-state index is 0.220. The Morgan fingerprint density at radius 1 is 1.56 bits per heavy atom. The summed E-state index contributed by atoms with van der Waals surface area (Å²) in [7, 11) is 0. The lowest BCUT2D eigenvalue weighted by atomic mass is 10.2. The molecular weight excluding hydrogens is 228 g/mol. The minimum Gasteiger partial charge on any atom is -0.349 e. The number of hydrogen-bond donors (Lipinski definition) is 1.